The van der Waals surface area contributed by atoms with E-state index in [-0.39, 0.29) is 37.5 Å². The monoisotopic (exact) mass is 1140 g/mol. The number of hydrogen-bond acceptors (Lipinski definition) is 6. The molecule has 0 aromatic heterocycles. The summed E-state index contributed by atoms with van der Waals surface area (Å²) in [5, 5.41) is 0. The van der Waals surface area contributed by atoms with Gasteiger partial charge in [-0.05, 0) is 148 Å². The van der Waals surface area contributed by atoms with Crippen molar-refractivity contribution in [2.45, 2.75) is 284 Å². The van der Waals surface area contributed by atoms with Gasteiger partial charge in [-0.2, -0.15) is 0 Å². The molecule has 0 aromatic rings. The Hall–Kier alpha value is -5.23. The summed E-state index contributed by atoms with van der Waals surface area (Å²) in [5.74, 6) is -0.964. The minimum atomic E-state index is -0.818. The smallest absolute Gasteiger partial charge is 0.306 e. The van der Waals surface area contributed by atoms with E-state index in [2.05, 4.69) is 191 Å². The summed E-state index contributed by atoms with van der Waals surface area (Å²) >= 11 is 0. The maximum absolute atomic E-state index is 12.9. The van der Waals surface area contributed by atoms with Gasteiger partial charge in [-0.3, -0.25) is 14.4 Å². The summed E-state index contributed by atoms with van der Waals surface area (Å²) < 4.78 is 16.9. The first-order chi connectivity index (χ1) is 41.0. The molecule has 6 nitrogen and oxygen atoms in total. The average Bonchev–Trinajstić information content (AvgIpc) is 3.49. The van der Waals surface area contributed by atoms with E-state index in [1.165, 1.54) is 83.5 Å². The molecule has 83 heavy (non-hydrogen) atoms. The van der Waals surface area contributed by atoms with Crippen LogP contribution in [0.2, 0.25) is 0 Å². The van der Waals surface area contributed by atoms with Crippen LogP contribution in [0.5, 0.6) is 0 Å². The normalized spacial score (nSPS) is 13.2. The molecule has 0 aliphatic rings. The van der Waals surface area contributed by atoms with Gasteiger partial charge in [0.2, 0.25) is 0 Å². The Kier molecular flexibility index (Phi) is 64.9. The Bertz CT molecular complexity index is 1890. The lowest BCUT2D eigenvalue weighted by molar-refractivity contribution is -0.167. The molecule has 0 amide bonds. The van der Waals surface area contributed by atoms with Crippen molar-refractivity contribution in [3.8, 4) is 0 Å². The first-order valence-corrected chi connectivity index (χ1v) is 33.6. The second-order valence-corrected chi connectivity index (χ2v) is 21.6. The Labute approximate surface area is 511 Å². The second kappa shape index (κ2) is 69.3. The third-order valence-electron chi connectivity index (χ3n) is 13.7. The van der Waals surface area contributed by atoms with E-state index < -0.39 is 6.10 Å². The minimum absolute atomic E-state index is 0.108. The van der Waals surface area contributed by atoms with Gasteiger partial charge >= 0.3 is 17.9 Å². The van der Waals surface area contributed by atoms with Crippen LogP contribution in [0.4, 0.5) is 0 Å². The molecule has 0 fully saturated rings. The molecule has 1 atom stereocenters. The molecular weight excluding hydrogens is 1020 g/mol. The van der Waals surface area contributed by atoms with Crippen molar-refractivity contribution in [3.63, 3.8) is 0 Å². The Morgan fingerprint density at radius 2 is 0.434 bits per heavy atom. The molecule has 0 rings (SSSR count). The number of carbonyl (C=O) groups excluding carboxylic acids is 3. The van der Waals surface area contributed by atoms with Crippen molar-refractivity contribution >= 4 is 17.9 Å². The molecule has 0 heterocycles. The number of carbonyl (C=O) groups is 3. The van der Waals surface area contributed by atoms with E-state index in [9.17, 15) is 14.4 Å². The summed E-state index contributed by atoms with van der Waals surface area (Å²) in [5.41, 5.74) is 0. The van der Waals surface area contributed by atoms with Crippen molar-refractivity contribution < 1.29 is 28.6 Å². The highest BCUT2D eigenvalue weighted by Crippen LogP contribution is 2.15. The molecule has 0 spiro atoms. The highest BCUT2D eigenvalue weighted by molar-refractivity contribution is 5.71. The average molecular weight is 1140 g/mol. The summed E-state index contributed by atoms with van der Waals surface area (Å²) in [6, 6.07) is 0. The molecule has 0 saturated carbocycles. The van der Waals surface area contributed by atoms with E-state index in [4.69, 9.17) is 14.2 Å². The van der Waals surface area contributed by atoms with Gasteiger partial charge in [0.05, 0.1) is 0 Å². The van der Waals surface area contributed by atoms with Crippen LogP contribution in [0.25, 0.3) is 0 Å². The van der Waals surface area contributed by atoms with Crippen LogP contribution < -0.4 is 0 Å². The molecular formula is C77H122O6. The number of unbranched alkanes of at least 4 members (excludes halogenated alkanes) is 20. The van der Waals surface area contributed by atoms with E-state index in [1.807, 2.05) is 0 Å². The summed E-state index contributed by atoms with van der Waals surface area (Å²) in [6.45, 7) is 6.26. The van der Waals surface area contributed by atoms with E-state index >= 15 is 0 Å². The SMILES string of the molecule is CC/C=C\C/C=C\C/C=C\C/C=C\C/C=C\C/C=C\CCCCC(=O)OC(COC(=O)CCCCCCCCCC/C=C\C/C=C\C/C=C\C/C=C\CC)COC(=O)CCCCCCCCCCCC/C=C\C/C=C\C/C=C\C/C=C\CC. The first kappa shape index (κ1) is 77.8. The fourth-order valence-electron chi connectivity index (χ4n) is 8.78. The first-order valence-electron chi connectivity index (χ1n) is 33.6. The predicted octanol–water partition coefficient (Wildman–Crippen LogP) is 23.4. The lowest BCUT2D eigenvalue weighted by Crippen LogP contribution is -2.30. The molecule has 6 heteroatoms. The van der Waals surface area contributed by atoms with Gasteiger partial charge in [-0.25, -0.2) is 0 Å². The maximum Gasteiger partial charge on any atom is 0.306 e. The summed E-state index contributed by atoms with van der Waals surface area (Å²) in [4.78, 5) is 38.5. The lowest BCUT2D eigenvalue weighted by atomic mass is 10.1. The molecule has 0 aliphatic heterocycles. The third-order valence-corrected chi connectivity index (χ3v) is 13.7. The highest BCUT2D eigenvalue weighted by atomic mass is 16.6. The van der Waals surface area contributed by atoms with Gasteiger partial charge in [0.25, 0.3) is 0 Å². The van der Waals surface area contributed by atoms with Gasteiger partial charge in [0.15, 0.2) is 6.10 Å². The zero-order valence-corrected chi connectivity index (χ0v) is 53.4. The second-order valence-electron chi connectivity index (χ2n) is 21.6. The maximum atomic E-state index is 12.9. The summed E-state index contributed by atoms with van der Waals surface area (Å²) in [6.07, 6.45) is 102. The van der Waals surface area contributed by atoms with Gasteiger partial charge in [-0.1, -0.05) is 281 Å². The minimum Gasteiger partial charge on any atom is -0.462 e. The van der Waals surface area contributed by atoms with Crippen LogP contribution in [0.3, 0.4) is 0 Å². The van der Waals surface area contributed by atoms with Crippen molar-refractivity contribution in [2.24, 2.45) is 0 Å². The number of allylic oxidation sites excluding steroid dienone is 28. The molecule has 0 N–H and O–H groups in total. The standard InChI is InChI=1S/C77H122O6/c1-4-7-10-13-16-19-22-25-28-31-34-37-38-41-43-46-49-52-55-58-61-64-67-70-76(79)82-73-74(83-77(80)71-68-65-62-59-56-53-50-47-44-40-36-33-30-27-24-21-18-15-12-9-6-3)72-81-75(78)69-66-63-60-57-54-51-48-45-42-39-35-32-29-26-23-20-17-14-11-8-5-2/h7-12,16-21,25-30,34-37,39-40,47,50,56,59,74H,4-6,13-15,22-24,31-33,38,41-46,48-49,51-55,57-58,60-73H2,1-3H3/b10-7-,11-8-,12-9-,19-16-,20-17-,21-18-,28-25-,29-26-,30-27-,37-34-,39-35-,40-36-,50-47-,59-56-. The molecule has 1 unspecified atom stereocenters. The van der Waals surface area contributed by atoms with Gasteiger partial charge in [0, 0.05) is 19.3 Å². The van der Waals surface area contributed by atoms with Gasteiger partial charge < -0.3 is 14.2 Å². The zero-order valence-electron chi connectivity index (χ0n) is 53.4. The van der Waals surface area contributed by atoms with Crippen LogP contribution >= 0.6 is 0 Å². The third kappa shape index (κ3) is 67.4. The number of ether oxygens (including phenoxy) is 3. The molecule has 0 aromatic carbocycles. The molecule has 0 bridgehead atoms. The Morgan fingerprint density at radius 3 is 0.699 bits per heavy atom. The number of esters is 3. The van der Waals surface area contributed by atoms with Crippen molar-refractivity contribution in [1.82, 2.24) is 0 Å². The van der Waals surface area contributed by atoms with Crippen LogP contribution in [0.1, 0.15) is 278 Å². The van der Waals surface area contributed by atoms with Crippen molar-refractivity contribution in [1.29, 1.82) is 0 Å². The quantitative estimate of drug-likeness (QED) is 0.0261. The van der Waals surface area contributed by atoms with Crippen LogP contribution in [-0.4, -0.2) is 37.2 Å². The number of hydrogen-bond donors (Lipinski definition) is 0. The van der Waals surface area contributed by atoms with E-state index in [0.717, 1.165) is 148 Å². The molecule has 0 radical (unpaired) electrons. The number of rotatable bonds is 59. The fraction of sp³-hybridized carbons (Fsp3) is 0.597. The Balaban J connectivity index is 4.51. The topological polar surface area (TPSA) is 78.9 Å². The molecule has 0 aliphatic carbocycles. The van der Waals surface area contributed by atoms with E-state index in [0.29, 0.717) is 19.3 Å². The summed E-state index contributed by atoms with van der Waals surface area (Å²) in [7, 11) is 0. The van der Waals surface area contributed by atoms with Crippen molar-refractivity contribution in [3.05, 3.63) is 170 Å². The van der Waals surface area contributed by atoms with Crippen LogP contribution in [-0.2, 0) is 28.6 Å². The molecule has 466 valence electrons. The van der Waals surface area contributed by atoms with Gasteiger partial charge in [-0.15, -0.1) is 0 Å². The van der Waals surface area contributed by atoms with Gasteiger partial charge in [0.1, 0.15) is 13.2 Å². The Morgan fingerprint density at radius 1 is 0.241 bits per heavy atom. The van der Waals surface area contributed by atoms with E-state index in [1.54, 1.807) is 0 Å². The molecule has 0 saturated heterocycles. The fourth-order valence-corrected chi connectivity index (χ4v) is 8.78. The van der Waals surface area contributed by atoms with Crippen molar-refractivity contribution in [2.75, 3.05) is 13.2 Å². The lowest BCUT2D eigenvalue weighted by Gasteiger charge is -2.18. The predicted molar refractivity (Wildman–Crippen MR) is 361 cm³/mol. The van der Waals surface area contributed by atoms with Crippen LogP contribution in [0.15, 0.2) is 170 Å². The highest BCUT2D eigenvalue weighted by Gasteiger charge is 2.19. The zero-order chi connectivity index (χ0) is 59.9. The van der Waals surface area contributed by atoms with Crippen LogP contribution in [0, 0.1) is 0 Å². The largest absolute Gasteiger partial charge is 0.462 e.